The predicted molar refractivity (Wildman–Crippen MR) is 253 cm³/mol. The van der Waals surface area contributed by atoms with Crippen LogP contribution in [0.1, 0.15) is 0 Å². The smallest absolute Gasteiger partial charge is 0.237 e. The van der Waals surface area contributed by atoms with Crippen LogP contribution >= 0.6 is 11.3 Å². The molecule has 0 radical (unpaired) electrons. The van der Waals surface area contributed by atoms with Gasteiger partial charge in [0, 0.05) is 53.2 Å². The molecule has 0 N–H and O–H groups in total. The minimum Gasteiger partial charge on any atom is -0.308 e. The van der Waals surface area contributed by atoms with Crippen LogP contribution in [0.2, 0.25) is 0 Å². The zero-order chi connectivity index (χ0) is 38.8. The van der Waals surface area contributed by atoms with Gasteiger partial charge in [0.1, 0.15) is 0 Å². The Balaban J connectivity index is 1.17. The number of thiophene rings is 1. The van der Waals surface area contributed by atoms with E-state index < -0.39 is 0 Å². The highest BCUT2D eigenvalue weighted by Gasteiger charge is 2.27. The first-order chi connectivity index (χ1) is 29.8. The number of para-hydroxylation sites is 3. The average molecular weight is 780 g/mol. The first-order valence-corrected chi connectivity index (χ1v) is 21.2. The maximum atomic E-state index is 5.77. The lowest BCUT2D eigenvalue weighted by Crippen LogP contribution is -2.06. The van der Waals surface area contributed by atoms with Gasteiger partial charge in [-0.05, 0) is 64.0 Å². The topological polar surface area (TPSA) is 40.0 Å². The standard InChI is InChI=1S/C54H29N5S/c1-3-15-32-30(13-1)26-28-43-46(32)34-17-5-11-23-41(34)59(43)54-55-50-37-20-8-12-24-45(37)60-52(50)53(56-54)58-40-22-10-6-18-35(40)48-44(58)29-38-47-33-16-4-2-14-31(33)25-27-42(47)57-39-21-9-7-19-36(39)49(48)51(38)57/h1-29H. The number of benzene rings is 9. The van der Waals surface area contributed by atoms with E-state index in [4.69, 9.17) is 9.97 Å². The number of hydrogen-bond donors (Lipinski definition) is 0. The molecule has 9 aromatic carbocycles. The summed E-state index contributed by atoms with van der Waals surface area (Å²) in [5.41, 5.74) is 9.13. The third-order valence-corrected chi connectivity index (χ3v) is 14.3. The van der Waals surface area contributed by atoms with E-state index in [9.17, 15) is 0 Å². The van der Waals surface area contributed by atoms with Crippen molar-refractivity contribution in [1.29, 1.82) is 0 Å². The molecule has 5 nitrogen and oxygen atoms in total. The Hall–Kier alpha value is -7.80. The second-order valence-electron chi connectivity index (χ2n) is 16.1. The Morgan fingerprint density at radius 3 is 1.65 bits per heavy atom. The van der Waals surface area contributed by atoms with Gasteiger partial charge in [0.2, 0.25) is 5.95 Å². The van der Waals surface area contributed by atoms with Crippen molar-refractivity contribution in [1.82, 2.24) is 23.5 Å². The highest BCUT2D eigenvalue weighted by Crippen LogP contribution is 2.49. The van der Waals surface area contributed by atoms with Gasteiger partial charge in [0.25, 0.3) is 0 Å². The molecular formula is C54H29N5S. The van der Waals surface area contributed by atoms with Crippen molar-refractivity contribution in [2.75, 3.05) is 0 Å². The van der Waals surface area contributed by atoms with Crippen LogP contribution in [-0.4, -0.2) is 23.5 Å². The second kappa shape index (κ2) is 11.0. The molecular weight excluding hydrogens is 751 g/mol. The van der Waals surface area contributed by atoms with Crippen molar-refractivity contribution < 1.29 is 0 Å². The Bertz CT molecular complexity index is 4370. The summed E-state index contributed by atoms with van der Waals surface area (Å²) in [7, 11) is 0. The second-order valence-corrected chi connectivity index (χ2v) is 17.1. The predicted octanol–water partition coefficient (Wildman–Crippen LogP) is 14.5. The van der Waals surface area contributed by atoms with Crippen LogP contribution in [0.25, 0.3) is 135 Å². The fourth-order valence-corrected chi connectivity index (χ4v) is 11.9. The molecule has 0 saturated heterocycles. The SMILES string of the molecule is c1ccc2c(c1)ccc1c2c2ccccc2n1-c1nc(-n2c3ccccc3c3c4c5ccccc5n5c6ccc7ccccc7c6c(cc32)c45)c2sc3ccccc3c2n1. The maximum Gasteiger partial charge on any atom is 0.237 e. The van der Waals surface area contributed by atoms with Crippen molar-refractivity contribution >= 4 is 135 Å². The van der Waals surface area contributed by atoms with Crippen LogP contribution in [0.5, 0.6) is 0 Å². The Morgan fingerprint density at radius 1 is 0.367 bits per heavy atom. The largest absolute Gasteiger partial charge is 0.308 e. The minimum absolute atomic E-state index is 0.659. The summed E-state index contributed by atoms with van der Waals surface area (Å²) in [6, 6.07) is 64.2. The van der Waals surface area contributed by atoms with Crippen LogP contribution in [-0.2, 0) is 0 Å². The number of aromatic nitrogens is 5. The van der Waals surface area contributed by atoms with E-state index in [-0.39, 0.29) is 0 Å². The van der Waals surface area contributed by atoms with Crippen molar-refractivity contribution in [2.24, 2.45) is 0 Å². The van der Waals surface area contributed by atoms with Gasteiger partial charge in [0.15, 0.2) is 5.82 Å². The van der Waals surface area contributed by atoms with Gasteiger partial charge in [-0.3, -0.25) is 9.13 Å². The van der Waals surface area contributed by atoms with E-state index in [0.29, 0.717) is 5.95 Å². The molecule has 15 rings (SSSR count). The van der Waals surface area contributed by atoms with Crippen LogP contribution < -0.4 is 0 Å². The summed E-state index contributed by atoms with van der Waals surface area (Å²) >= 11 is 1.78. The van der Waals surface area contributed by atoms with Gasteiger partial charge >= 0.3 is 0 Å². The van der Waals surface area contributed by atoms with E-state index >= 15 is 0 Å². The molecule has 0 unspecified atom stereocenters. The minimum atomic E-state index is 0.659. The van der Waals surface area contributed by atoms with Gasteiger partial charge in [-0.2, -0.15) is 4.98 Å². The molecule has 0 aliphatic carbocycles. The van der Waals surface area contributed by atoms with Crippen molar-refractivity contribution in [3.8, 4) is 11.8 Å². The quantitative estimate of drug-likeness (QED) is 0.175. The van der Waals surface area contributed by atoms with Gasteiger partial charge < -0.3 is 4.40 Å². The summed E-state index contributed by atoms with van der Waals surface area (Å²) < 4.78 is 9.50. The molecule has 0 bridgehead atoms. The molecule has 0 spiro atoms. The molecule has 15 aromatic rings. The highest BCUT2D eigenvalue weighted by molar-refractivity contribution is 7.26. The third kappa shape index (κ3) is 3.74. The highest BCUT2D eigenvalue weighted by atomic mass is 32.1. The van der Waals surface area contributed by atoms with E-state index in [1.54, 1.807) is 11.3 Å². The Morgan fingerprint density at radius 2 is 0.917 bits per heavy atom. The van der Waals surface area contributed by atoms with Crippen LogP contribution in [0, 0.1) is 0 Å². The lowest BCUT2D eigenvalue weighted by molar-refractivity contribution is 0.977. The van der Waals surface area contributed by atoms with E-state index in [1.165, 1.54) is 85.9 Å². The third-order valence-electron chi connectivity index (χ3n) is 13.2. The number of rotatable bonds is 2. The maximum absolute atomic E-state index is 5.77. The van der Waals surface area contributed by atoms with Crippen molar-refractivity contribution in [3.05, 3.63) is 176 Å². The Kier molecular flexibility index (Phi) is 5.74. The Labute approximate surface area is 344 Å². The fourth-order valence-electron chi connectivity index (χ4n) is 10.8. The summed E-state index contributed by atoms with van der Waals surface area (Å²) in [6.45, 7) is 0. The molecule has 0 saturated carbocycles. The molecule has 6 heterocycles. The van der Waals surface area contributed by atoms with E-state index in [2.05, 4.69) is 189 Å². The van der Waals surface area contributed by atoms with Gasteiger partial charge in [-0.25, -0.2) is 4.98 Å². The number of fused-ring (bicyclic) bond motifs is 20. The zero-order valence-corrected chi connectivity index (χ0v) is 32.7. The summed E-state index contributed by atoms with van der Waals surface area (Å²) in [5, 5.41) is 16.0. The average Bonchev–Trinajstić information content (AvgIpc) is 4.10. The number of nitrogens with zero attached hydrogens (tertiary/aromatic N) is 5. The molecule has 0 atom stereocenters. The van der Waals surface area contributed by atoms with E-state index in [0.717, 1.165) is 43.5 Å². The van der Waals surface area contributed by atoms with Gasteiger partial charge in [-0.15, -0.1) is 11.3 Å². The van der Waals surface area contributed by atoms with Gasteiger partial charge in [-0.1, -0.05) is 133 Å². The van der Waals surface area contributed by atoms with Crippen molar-refractivity contribution in [2.45, 2.75) is 0 Å². The molecule has 0 aliphatic rings. The van der Waals surface area contributed by atoms with Crippen molar-refractivity contribution in [3.63, 3.8) is 0 Å². The van der Waals surface area contributed by atoms with Crippen LogP contribution in [0.3, 0.4) is 0 Å². The van der Waals surface area contributed by atoms with Crippen LogP contribution in [0.15, 0.2) is 176 Å². The normalized spacial score (nSPS) is 12.7. The number of hydrogen-bond acceptors (Lipinski definition) is 3. The zero-order valence-electron chi connectivity index (χ0n) is 31.9. The fraction of sp³-hybridized carbons (Fsp3) is 0. The lowest BCUT2D eigenvalue weighted by Gasteiger charge is -2.13. The first-order valence-electron chi connectivity index (χ1n) is 20.4. The molecule has 60 heavy (non-hydrogen) atoms. The lowest BCUT2D eigenvalue weighted by atomic mass is 9.99. The van der Waals surface area contributed by atoms with Gasteiger partial charge in [0.05, 0.1) is 48.8 Å². The molecule has 6 heteroatoms. The summed E-state index contributed by atoms with van der Waals surface area (Å²) in [5.74, 6) is 1.55. The molecule has 6 aromatic heterocycles. The van der Waals surface area contributed by atoms with E-state index in [1.807, 2.05) is 0 Å². The summed E-state index contributed by atoms with van der Waals surface area (Å²) in [4.78, 5) is 11.3. The first kappa shape index (κ1) is 31.2. The monoisotopic (exact) mass is 779 g/mol. The van der Waals surface area contributed by atoms with Crippen LogP contribution in [0.4, 0.5) is 0 Å². The molecule has 276 valence electrons. The molecule has 0 amide bonds. The molecule has 0 aliphatic heterocycles. The summed E-state index contributed by atoms with van der Waals surface area (Å²) in [6.07, 6.45) is 0. The molecule has 0 fully saturated rings.